The van der Waals surface area contributed by atoms with Gasteiger partial charge in [0.15, 0.2) is 0 Å². The Balaban J connectivity index is 1.54. The van der Waals surface area contributed by atoms with Crippen molar-refractivity contribution in [1.29, 1.82) is 0 Å². The van der Waals surface area contributed by atoms with E-state index in [4.69, 9.17) is 9.47 Å². The Hall–Kier alpha value is -3.17. The van der Waals surface area contributed by atoms with Gasteiger partial charge in [-0.25, -0.2) is 0 Å². The van der Waals surface area contributed by atoms with Crippen LogP contribution in [0.4, 0.5) is 11.4 Å². The lowest BCUT2D eigenvalue weighted by molar-refractivity contribution is -0.154. The van der Waals surface area contributed by atoms with Gasteiger partial charge in [-0.15, -0.1) is 0 Å². The number of anilines is 2. The predicted molar refractivity (Wildman–Crippen MR) is 133 cm³/mol. The van der Waals surface area contributed by atoms with Crippen LogP contribution >= 0.6 is 0 Å². The monoisotopic (exact) mass is 495 g/mol. The van der Waals surface area contributed by atoms with E-state index in [-0.39, 0.29) is 31.6 Å². The predicted octanol–water partition coefficient (Wildman–Crippen LogP) is 1.51. The number of aliphatic hydroxyl groups is 1. The zero-order chi connectivity index (χ0) is 25.4. The van der Waals surface area contributed by atoms with Crippen LogP contribution in [0.25, 0.3) is 0 Å². The van der Waals surface area contributed by atoms with E-state index in [9.17, 15) is 19.5 Å². The van der Waals surface area contributed by atoms with Crippen molar-refractivity contribution in [3.8, 4) is 0 Å². The van der Waals surface area contributed by atoms with Crippen LogP contribution in [-0.2, 0) is 23.9 Å². The van der Waals surface area contributed by atoms with Gasteiger partial charge in [0.2, 0.25) is 5.91 Å². The molecular formula is C27H33N3O6. The largest absolute Gasteiger partial charge is 0.465 e. The number of aliphatic hydroxyl groups excluding tert-OH is 1. The van der Waals surface area contributed by atoms with E-state index in [2.05, 4.69) is 18.7 Å². The number of carbonyl (C=O) groups is 3. The third-order valence-corrected chi connectivity index (χ3v) is 7.75. The topological polar surface area (TPSA) is 99.6 Å². The molecule has 0 saturated carbocycles. The van der Waals surface area contributed by atoms with Crippen LogP contribution in [0.15, 0.2) is 48.6 Å². The lowest BCUT2D eigenvalue weighted by Gasteiger charge is -2.35. The van der Waals surface area contributed by atoms with Gasteiger partial charge < -0.3 is 29.3 Å². The fourth-order valence-electron chi connectivity index (χ4n) is 6.12. The minimum absolute atomic E-state index is 0.0261. The molecule has 1 N–H and O–H groups in total. The second kappa shape index (κ2) is 9.71. The van der Waals surface area contributed by atoms with Crippen molar-refractivity contribution >= 4 is 29.2 Å². The van der Waals surface area contributed by atoms with E-state index < -0.39 is 35.6 Å². The molecule has 4 heterocycles. The van der Waals surface area contributed by atoms with E-state index >= 15 is 0 Å². The number of hydrogen-bond acceptors (Lipinski definition) is 7. The van der Waals surface area contributed by atoms with Crippen molar-refractivity contribution < 1.29 is 29.0 Å². The van der Waals surface area contributed by atoms with E-state index in [0.29, 0.717) is 18.7 Å². The minimum atomic E-state index is -1.32. The lowest BCUT2D eigenvalue weighted by atomic mass is 9.77. The quantitative estimate of drug-likeness (QED) is 0.472. The number of nitrogens with zero attached hydrogens (tertiary/aromatic N) is 3. The Morgan fingerprint density at radius 2 is 1.83 bits per heavy atom. The van der Waals surface area contributed by atoms with Gasteiger partial charge in [0.05, 0.1) is 25.2 Å². The third-order valence-electron chi connectivity index (χ3n) is 7.75. The zero-order valence-electron chi connectivity index (χ0n) is 20.7. The zero-order valence-corrected chi connectivity index (χ0v) is 20.7. The summed E-state index contributed by atoms with van der Waals surface area (Å²) in [5, 5.41) is 9.75. The highest BCUT2D eigenvalue weighted by atomic mass is 16.6. The smallest absolute Gasteiger partial charge is 0.312 e. The van der Waals surface area contributed by atoms with E-state index in [0.717, 1.165) is 18.8 Å². The Labute approximate surface area is 210 Å². The van der Waals surface area contributed by atoms with Gasteiger partial charge in [-0.2, -0.15) is 0 Å². The molecule has 9 heteroatoms. The van der Waals surface area contributed by atoms with E-state index in [1.165, 1.54) is 4.90 Å². The molecule has 2 fully saturated rings. The third kappa shape index (κ3) is 3.72. The first-order valence-corrected chi connectivity index (χ1v) is 12.7. The average molecular weight is 496 g/mol. The Kier molecular flexibility index (Phi) is 6.61. The molecule has 1 spiro atoms. The summed E-state index contributed by atoms with van der Waals surface area (Å²) in [6.45, 7) is 6.15. The van der Waals surface area contributed by atoms with Gasteiger partial charge in [0.25, 0.3) is 5.91 Å². The first-order valence-electron chi connectivity index (χ1n) is 12.7. The maximum absolute atomic E-state index is 14.1. The van der Waals surface area contributed by atoms with Crippen molar-refractivity contribution in [3.63, 3.8) is 0 Å². The molecule has 192 valence electrons. The molecule has 1 aromatic rings. The Morgan fingerprint density at radius 3 is 2.53 bits per heavy atom. The van der Waals surface area contributed by atoms with E-state index in [1.54, 1.807) is 11.0 Å². The molecular weight excluding hydrogens is 462 g/mol. The van der Waals surface area contributed by atoms with Gasteiger partial charge in [0, 0.05) is 37.6 Å². The summed E-state index contributed by atoms with van der Waals surface area (Å²) in [5.74, 6) is -2.91. The van der Waals surface area contributed by atoms with Crippen LogP contribution in [0, 0.1) is 11.8 Å². The Bertz CT molecular complexity index is 1080. The molecule has 5 rings (SSSR count). The summed E-state index contributed by atoms with van der Waals surface area (Å²) < 4.78 is 11.9. The highest BCUT2D eigenvalue weighted by Gasteiger charge is 2.71. The van der Waals surface area contributed by atoms with Crippen LogP contribution in [-0.4, -0.2) is 84.9 Å². The minimum Gasteiger partial charge on any atom is -0.465 e. The fraction of sp³-hybridized carbons (Fsp3) is 0.519. The number of cyclic esters (lactones) is 1. The molecule has 5 atom stereocenters. The van der Waals surface area contributed by atoms with Gasteiger partial charge in [0.1, 0.15) is 17.6 Å². The number of ether oxygens (including phenoxy) is 2. The van der Waals surface area contributed by atoms with Crippen molar-refractivity contribution in [2.45, 2.75) is 38.0 Å². The number of benzene rings is 1. The molecule has 1 aromatic carbocycles. The van der Waals surface area contributed by atoms with Crippen LogP contribution in [0.5, 0.6) is 0 Å². The maximum atomic E-state index is 14.1. The Morgan fingerprint density at radius 1 is 1.08 bits per heavy atom. The lowest BCUT2D eigenvalue weighted by Crippen LogP contribution is -2.55. The van der Waals surface area contributed by atoms with Gasteiger partial charge in [-0.05, 0) is 44.5 Å². The first kappa shape index (κ1) is 24.5. The number of carbonyl (C=O) groups excluding carboxylic acids is 3. The summed E-state index contributed by atoms with van der Waals surface area (Å²) >= 11 is 0. The maximum Gasteiger partial charge on any atom is 0.312 e. The molecule has 36 heavy (non-hydrogen) atoms. The van der Waals surface area contributed by atoms with Crippen LogP contribution in [0.1, 0.15) is 20.3 Å². The van der Waals surface area contributed by atoms with Crippen LogP contribution in [0.3, 0.4) is 0 Å². The van der Waals surface area contributed by atoms with Gasteiger partial charge in [-0.1, -0.05) is 24.3 Å². The molecule has 1 unspecified atom stereocenters. The van der Waals surface area contributed by atoms with E-state index in [1.807, 2.05) is 42.5 Å². The van der Waals surface area contributed by atoms with Crippen LogP contribution in [0.2, 0.25) is 0 Å². The fourth-order valence-corrected chi connectivity index (χ4v) is 6.12. The summed E-state index contributed by atoms with van der Waals surface area (Å²) in [6, 6.07) is 6.79. The van der Waals surface area contributed by atoms with Crippen molar-refractivity contribution in [1.82, 2.24) is 4.90 Å². The van der Waals surface area contributed by atoms with Gasteiger partial charge in [-0.3, -0.25) is 14.4 Å². The first-order chi connectivity index (χ1) is 17.5. The number of esters is 1. The number of amides is 2. The second-order valence-corrected chi connectivity index (χ2v) is 9.52. The number of β-amino-alcohol motifs (C(OH)–C–C–N with tert-alkyl or cyclic N) is 1. The molecule has 4 aliphatic heterocycles. The second-order valence-electron chi connectivity index (χ2n) is 9.52. The highest BCUT2D eigenvalue weighted by molar-refractivity contribution is 6.05. The molecule has 0 bridgehead atoms. The van der Waals surface area contributed by atoms with Crippen molar-refractivity contribution in [2.24, 2.45) is 11.8 Å². The van der Waals surface area contributed by atoms with Gasteiger partial charge >= 0.3 is 5.97 Å². The molecule has 2 amide bonds. The normalized spacial score (nSPS) is 31.4. The van der Waals surface area contributed by atoms with Crippen molar-refractivity contribution in [2.75, 3.05) is 49.2 Å². The molecule has 0 aliphatic carbocycles. The SMILES string of the molecule is CCN(CC)c1ccc(N2CC=C[C@]34O[C@H]5C=CCCOC(=O)[C@H]5[C@H]3C(=O)N(CCO)C4C2=O)cc1. The summed E-state index contributed by atoms with van der Waals surface area (Å²) in [7, 11) is 0. The number of likely N-dealkylation sites (tertiary alicyclic amines) is 1. The molecule has 2 saturated heterocycles. The number of fused-ring (bicyclic) bond motifs is 2. The molecule has 0 radical (unpaired) electrons. The highest BCUT2D eigenvalue weighted by Crippen LogP contribution is 2.53. The molecule has 0 aromatic heterocycles. The standard InChI is InChI=1S/C27H33N3O6/c1-3-28(4-2)18-9-11-19(12-10-18)29-14-7-13-27-22(24(32)30(15-16-31)23(27)25(29)33)21-20(36-27)8-5-6-17-35-26(21)34/h5,7-13,20-23,31H,3-4,6,14-17H2,1-2H3/t20-,21+,22-,23?,27-/m0/s1. The summed E-state index contributed by atoms with van der Waals surface area (Å²) in [4.78, 5) is 46.1. The number of hydrogen-bond donors (Lipinski definition) is 1. The summed E-state index contributed by atoms with van der Waals surface area (Å²) in [6.07, 6.45) is 7.22. The van der Waals surface area contributed by atoms with Crippen LogP contribution < -0.4 is 9.80 Å². The molecule has 9 nitrogen and oxygen atoms in total. The van der Waals surface area contributed by atoms with Crippen molar-refractivity contribution in [3.05, 3.63) is 48.6 Å². The number of rotatable bonds is 6. The average Bonchev–Trinajstić information content (AvgIpc) is 3.24. The molecule has 4 aliphatic rings. The summed E-state index contributed by atoms with van der Waals surface area (Å²) in [5.41, 5.74) is 0.458.